The van der Waals surface area contributed by atoms with Crippen molar-refractivity contribution < 1.29 is 9.47 Å². The minimum Gasteiger partial charge on any atom is -0.493 e. The molecule has 1 heterocycles. The van der Waals surface area contributed by atoms with E-state index in [1.165, 1.54) is 0 Å². The molecule has 0 spiro atoms. The van der Waals surface area contributed by atoms with Crippen LogP contribution in [0.5, 0.6) is 11.5 Å². The monoisotopic (exact) mass is 513 g/mol. The summed E-state index contributed by atoms with van der Waals surface area (Å²) in [5.74, 6) is 1.83. The highest BCUT2D eigenvalue weighted by Gasteiger charge is 2.17. The zero-order valence-electron chi connectivity index (χ0n) is 16.7. The molecule has 0 amide bonds. The number of anilines is 1. The fourth-order valence-corrected chi connectivity index (χ4v) is 3.73. The molecule has 3 rings (SSSR count). The number of rotatable bonds is 10. The van der Waals surface area contributed by atoms with Gasteiger partial charge in [0.05, 0.1) is 7.11 Å². The van der Waals surface area contributed by atoms with Crippen molar-refractivity contribution in [3.8, 4) is 11.5 Å². The van der Waals surface area contributed by atoms with Crippen molar-refractivity contribution >= 4 is 45.1 Å². The number of ether oxygens (including phenoxy) is 2. The van der Waals surface area contributed by atoms with E-state index < -0.39 is 0 Å². The molecular weight excluding hydrogens is 493 g/mol. The van der Waals surface area contributed by atoms with Gasteiger partial charge < -0.3 is 14.8 Å². The summed E-state index contributed by atoms with van der Waals surface area (Å²) in [7, 11) is 1.61. The Morgan fingerprint density at radius 1 is 1.20 bits per heavy atom. The highest BCUT2D eigenvalue weighted by Crippen LogP contribution is 2.37. The predicted molar refractivity (Wildman–Crippen MR) is 122 cm³/mol. The van der Waals surface area contributed by atoms with Gasteiger partial charge in [-0.1, -0.05) is 63.6 Å². The van der Waals surface area contributed by atoms with Gasteiger partial charge in [0, 0.05) is 38.7 Å². The number of benzene rings is 2. The first kappa shape index (κ1) is 22.7. The molecule has 160 valence electrons. The molecule has 0 radical (unpaired) electrons. The SMILES string of the molecule is CCCCn1nnnc1NCc1c(Br)ccc(OC)c1OCc1ccc(Cl)cc1Cl. The van der Waals surface area contributed by atoms with Crippen molar-refractivity contribution in [1.29, 1.82) is 0 Å². The number of hydrogen-bond donors (Lipinski definition) is 1. The third-order valence-electron chi connectivity index (χ3n) is 4.45. The van der Waals surface area contributed by atoms with E-state index in [0.717, 1.165) is 35.0 Å². The smallest absolute Gasteiger partial charge is 0.243 e. The molecule has 1 aromatic heterocycles. The van der Waals surface area contributed by atoms with Crippen molar-refractivity contribution in [2.24, 2.45) is 0 Å². The van der Waals surface area contributed by atoms with Gasteiger partial charge in [-0.05, 0) is 41.1 Å². The van der Waals surface area contributed by atoms with Gasteiger partial charge in [0.1, 0.15) is 6.61 Å². The van der Waals surface area contributed by atoms with E-state index in [4.69, 9.17) is 32.7 Å². The van der Waals surface area contributed by atoms with Crippen LogP contribution in [0, 0.1) is 0 Å². The van der Waals surface area contributed by atoms with Crippen molar-refractivity contribution in [3.63, 3.8) is 0 Å². The Balaban J connectivity index is 1.81. The van der Waals surface area contributed by atoms with Gasteiger partial charge in [-0.15, -0.1) is 0 Å². The van der Waals surface area contributed by atoms with Crippen LogP contribution in [0.2, 0.25) is 10.0 Å². The molecule has 2 aromatic carbocycles. The first-order chi connectivity index (χ1) is 14.5. The minimum atomic E-state index is 0.268. The predicted octanol–water partition coefficient (Wildman–Crippen LogP) is 5.74. The van der Waals surface area contributed by atoms with Crippen molar-refractivity contribution in [3.05, 3.63) is 56.0 Å². The van der Waals surface area contributed by atoms with Gasteiger partial charge in [0.2, 0.25) is 5.95 Å². The highest BCUT2D eigenvalue weighted by molar-refractivity contribution is 9.10. The molecule has 10 heteroatoms. The number of nitrogens with one attached hydrogen (secondary N) is 1. The Hall–Kier alpha value is -2.03. The quantitative estimate of drug-likeness (QED) is 0.371. The molecule has 0 bridgehead atoms. The van der Waals surface area contributed by atoms with Crippen LogP contribution in [-0.4, -0.2) is 27.3 Å². The zero-order chi connectivity index (χ0) is 21.5. The number of aromatic nitrogens is 4. The molecule has 0 saturated heterocycles. The minimum absolute atomic E-state index is 0.268. The summed E-state index contributed by atoms with van der Waals surface area (Å²) in [6.07, 6.45) is 2.06. The lowest BCUT2D eigenvalue weighted by Crippen LogP contribution is -2.11. The molecule has 0 aliphatic carbocycles. The van der Waals surface area contributed by atoms with E-state index >= 15 is 0 Å². The number of aryl methyl sites for hydroxylation is 1. The summed E-state index contributed by atoms with van der Waals surface area (Å²) in [4.78, 5) is 0. The standard InChI is InChI=1S/C20H22BrCl2N5O2/c1-3-4-9-28-20(25-26-27-28)24-11-15-16(21)7-8-18(29-2)19(15)30-12-13-5-6-14(22)10-17(13)23/h5-8,10H,3-4,9,11-12H2,1-2H3,(H,24,25,27). The second kappa shape index (κ2) is 10.8. The Bertz CT molecular complexity index is 999. The summed E-state index contributed by atoms with van der Waals surface area (Å²) in [5.41, 5.74) is 1.70. The van der Waals surface area contributed by atoms with Crippen molar-refractivity contribution in [2.45, 2.75) is 39.5 Å². The average Bonchev–Trinajstić information content (AvgIpc) is 3.18. The lowest BCUT2D eigenvalue weighted by Gasteiger charge is -2.18. The second-order valence-corrected chi connectivity index (χ2v) is 8.21. The zero-order valence-corrected chi connectivity index (χ0v) is 19.8. The number of unbranched alkanes of at least 4 members (excludes halogenated alkanes) is 1. The largest absolute Gasteiger partial charge is 0.493 e. The van der Waals surface area contributed by atoms with E-state index in [2.05, 4.69) is 43.7 Å². The van der Waals surface area contributed by atoms with Crippen LogP contribution in [0.25, 0.3) is 0 Å². The lowest BCUT2D eigenvalue weighted by atomic mass is 10.1. The molecule has 7 nitrogen and oxygen atoms in total. The molecular formula is C20H22BrCl2N5O2. The molecule has 1 N–H and O–H groups in total. The Kier molecular flexibility index (Phi) is 8.18. The lowest BCUT2D eigenvalue weighted by molar-refractivity contribution is 0.281. The third-order valence-corrected chi connectivity index (χ3v) is 5.78. The van der Waals surface area contributed by atoms with E-state index in [-0.39, 0.29) is 6.61 Å². The normalized spacial score (nSPS) is 10.8. The van der Waals surface area contributed by atoms with E-state index in [1.807, 2.05) is 18.2 Å². The molecule has 0 fully saturated rings. The van der Waals surface area contributed by atoms with E-state index in [0.29, 0.717) is 34.0 Å². The first-order valence-electron chi connectivity index (χ1n) is 9.45. The maximum absolute atomic E-state index is 6.29. The summed E-state index contributed by atoms with van der Waals surface area (Å²) in [6, 6.07) is 9.08. The number of halogens is 3. The second-order valence-electron chi connectivity index (χ2n) is 6.51. The van der Waals surface area contributed by atoms with Gasteiger partial charge in [-0.2, -0.15) is 0 Å². The molecule has 30 heavy (non-hydrogen) atoms. The Morgan fingerprint density at radius 2 is 2.03 bits per heavy atom. The first-order valence-corrected chi connectivity index (χ1v) is 11.0. The molecule has 0 unspecified atom stereocenters. The number of nitrogens with zero attached hydrogens (tertiary/aromatic N) is 4. The summed E-state index contributed by atoms with van der Waals surface area (Å²) in [6.45, 7) is 3.59. The number of methoxy groups -OCH3 is 1. The van der Waals surface area contributed by atoms with Crippen molar-refractivity contribution in [1.82, 2.24) is 20.2 Å². The fourth-order valence-electron chi connectivity index (χ4n) is 2.81. The van der Waals surface area contributed by atoms with Crippen LogP contribution >= 0.6 is 39.1 Å². The summed E-state index contributed by atoms with van der Waals surface area (Å²) < 4.78 is 14.3. The van der Waals surface area contributed by atoms with Gasteiger partial charge in [-0.25, -0.2) is 4.68 Å². The number of tetrazole rings is 1. The highest BCUT2D eigenvalue weighted by atomic mass is 79.9. The van der Waals surface area contributed by atoms with E-state index in [9.17, 15) is 0 Å². The van der Waals surface area contributed by atoms with Gasteiger partial charge in [-0.3, -0.25) is 0 Å². The van der Waals surface area contributed by atoms with Gasteiger partial charge in [0.25, 0.3) is 0 Å². The third kappa shape index (κ3) is 5.56. The number of hydrogen-bond acceptors (Lipinski definition) is 6. The van der Waals surface area contributed by atoms with Gasteiger partial charge >= 0.3 is 0 Å². The van der Waals surface area contributed by atoms with Crippen LogP contribution < -0.4 is 14.8 Å². The maximum atomic E-state index is 6.29. The van der Waals surface area contributed by atoms with E-state index in [1.54, 1.807) is 23.9 Å². The van der Waals surface area contributed by atoms with Gasteiger partial charge in [0.15, 0.2) is 11.5 Å². The summed E-state index contributed by atoms with van der Waals surface area (Å²) in [5, 5.41) is 16.3. The van der Waals surface area contributed by atoms with Crippen LogP contribution in [0.1, 0.15) is 30.9 Å². The molecule has 3 aromatic rings. The molecule has 0 aliphatic rings. The average molecular weight is 515 g/mol. The van der Waals surface area contributed by atoms with Crippen LogP contribution in [0.3, 0.4) is 0 Å². The Labute approximate surface area is 193 Å². The van der Waals surface area contributed by atoms with Crippen LogP contribution in [-0.2, 0) is 19.7 Å². The summed E-state index contributed by atoms with van der Waals surface area (Å²) >= 11 is 15.9. The molecule has 0 aliphatic heterocycles. The van der Waals surface area contributed by atoms with Crippen LogP contribution in [0.15, 0.2) is 34.8 Å². The fraction of sp³-hybridized carbons (Fsp3) is 0.350. The topological polar surface area (TPSA) is 74.1 Å². The molecule has 0 saturated carbocycles. The van der Waals surface area contributed by atoms with Crippen LogP contribution in [0.4, 0.5) is 5.95 Å². The Morgan fingerprint density at radius 3 is 2.77 bits per heavy atom. The maximum Gasteiger partial charge on any atom is 0.243 e. The van der Waals surface area contributed by atoms with Crippen molar-refractivity contribution in [2.75, 3.05) is 12.4 Å². The molecule has 0 atom stereocenters.